The molecule has 0 aliphatic rings. The molecule has 0 saturated heterocycles. The van der Waals surface area contributed by atoms with E-state index < -0.39 is 0 Å². The average molecular weight is 295 g/mol. The van der Waals surface area contributed by atoms with Crippen molar-refractivity contribution in [3.8, 4) is 0 Å². The van der Waals surface area contributed by atoms with Crippen LogP contribution in [-0.4, -0.2) is 27.9 Å². The van der Waals surface area contributed by atoms with Crippen LogP contribution in [0.3, 0.4) is 0 Å². The number of fused-ring (bicyclic) bond motifs is 1. The van der Waals surface area contributed by atoms with E-state index >= 15 is 0 Å². The second kappa shape index (κ2) is 4.33. The molecule has 3 rings (SSSR count). The Hall–Kier alpha value is -1.23. The third-order valence-electron chi connectivity index (χ3n) is 2.23. The van der Waals surface area contributed by atoms with Gasteiger partial charge in [-0.25, -0.2) is 0 Å². The number of thiazole rings is 1. The average Bonchev–Trinajstić information content (AvgIpc) is 2.97. The van der Waals surface area contributed by atoms with Gasteiger partial charge >= 0.3 is 103 Å². The molecule has 0 atom stereocenters. The fraction of sp³-hybridized carbons (Fsp3) is 0.100. The number of benzene rings is 1. The number of nitrogens with zero attached hydrogens (tertiary/aromatic N) is 3. The molecular weight excluding hydrogens is 287 g/mol. The van der Waals surface area contributed by atoms with Gasteiger partial charge in [-0.2, -0.15) is 0 Å². The molecule has 80 valence electrons. The minimum absolute atomic E-state index is 0.0285. The molecule has 0 spiro atoms. The Balaban J connectivity index is 1.86. The van der Waals surface area contributed by atoms with Crippen LogP contribution in [0.15, 0.2) is 29.1 Å². The Labute approximate surface area is 103 Å². The predicted molar refractivity (Wildman–Crippen MR) is 65.9 cm³/mol. The molecule has 6 heteroatoms. The Bertz CT molecular complexity index is 590. The normalized spacial score (nSPS) is 10.8. The van der Waals surface area contributed by atoms with Crippen LogP contribution in [0.2, 0.25) is 0 Å². The summed E-state index contributed by atoms with van der Waals surface area (Å²) in [5.74, 6) is 0. The SMILES string of the molecule is c1cc(NCc2cscn2)c2n[se]nc2c1. The molecule has 2 aromatic heterocycles. The third kappa shape index (κ3) is 1.87. The van der Waals surface area contributed by atoms with Crippen molar-refractivity contribution in [2.24, 2.45) is 0 Å². The molecule has 0 unspecified atom stereocenters. The van der Waals surface area contributed by atoms with Crippen molar-refractivity contribution >= 4 is 43.0 Å². The van der Waals surface area contributed by atoms with Gasteiger partial charge in [-0.05, 0) is 0 Å². The van der Waals surface area contributed by atoms with E-state index in [1.54, 1.807) is 11.3 Å². The number of rotatable bonds is 3. The number of hydrogen-bond acceptors (Lipinski definition) is 5. The van der Waals surface area contributed by atoms with Gasteiger partial charge in [0.15, 0.2) is 0 Å². The van der Waals surface area contributed by atoms with Crippen molar-refractivity contribution in [2.75, 3.05) is 5.32 Å². The topological polar surface area (TPSA) is 50.7 Å². The van der Waals surface area contributed by atoms with Gasteiger partial charge in [0.25, 0.3) is 0 Å². The van der Waals surface area contributed by atoms with Crippen LogP contribution in [0.5, 0.6) is 0 Å². The number of anilines is 1. The van der Waals surface area contributed by atoms with Crippen molar-refractivity contribution in [1.29, 1.82) is 0 Å². The molecule has 1 aromatic carbocycles. The molecule has 4 nitrogen and oxygen atoms in total. The second-order valence-electron chi connectivity index (χ2n) is 3.27. The number of nitrogens with one attached hydrogen (secondary N) is 1. The van der Waals surface area contributed by atoms with E-state index in [1.165, 1.54) is 0 Å². The van der Waals surface area contributed by atoms with Gasteiger partial charge in [-0.3, -0.25) is 0 Å². The third-order valence-corrected chi connectivity index (χ3v) is 4.00. The fourth-order valence-electron chi connectivity index (χ4n) is 1.46. The van der Waals surface area contributed by atoms with Crippen LogP contribution in [0.25, 0.3) is 11.0 Å². The summed E-state index contributed by atoms with van der Waals surface area (Å²) in [7, 11) is 0. The maximum absolute atomic E-state index is 4.41. The summed E-state index contributed by atoms with van der Waals surface area (Å²) in [4.78, 5) is 4.23. The van der Waals surface area contributed by atoms with E-state index in [-0.39, 0.29) is 15.0 Å². The summed E-state index contributed by atoms with van der Waals surface area (Å²) in [6, 6.07) is 6.04. The molecule has 0 aliphatic carbocycles. The van der Waals surface area contributed by atoms with Crippen molar-refractivity contribution in [1.82, 2.24) is 12.9 Å². The summed E-state index contributed by atoms with van der Waals surface area (Å²) >= 11 is 1.64. The number of hydrogen-bond donors (Lipinski definition) is 1. The Morgan fingerprint density at radius 2 is 2.31 bits per heavy atom. The van der Waals surface area contributed by atoms with Crippen LogP contribution >= 0.6 is 11.3 Å². The van der Waals surface area contributed by atoms with Gasteiger partial charge in [0.1, 0.15) is 0 Å². The molecule has 0 radical (unpaired) electrons. The molecule has 16 heavy (non-hydrogen) atoms. The second-order valence-corrected chi connectivity index (χ2v) is 5.10. The summed E-state index contributed by atoms with van der Waals surface area (Å²) in [5.41, 5.74) is 5.95. The molecule has 0 aliphatic heterocycles. The Morgan fingerprint density at radius 3 is 3.19 bits per heavy atom. The van der Waals surface area contributed by atoms with Crippen LogP contribution in [0.1, 0.15) is 5.69 Å². The zero-order valence-corrected chi connectivity index (χ0v) is 10.8. The van der Waals surface area contributed by atoms with Crippen molar-refractivity contribution in [2.45, 2.75) is 6.54 Å². The van der Waals surface area contributed by atoms with Gasteiger partial charge in [0, 0.05) is 0 Å². The first-order valence-electron chi connectivity index (χ1n) is 4.76. The van der Waals surface area contributed by atoms with Gasteiger partial charge in [-0.15, -0.1) is 0 Å². The number of aromatic nitrogens is 3. The van der Waals surface area contributed by atoms with E-state index in [4.69, 9.17) is 0 Å². The van der Waals surface area contributed by atoms with Gasteiger partial charge in [0.2, 0.25) is 0 Å². The summed E-state index contributed by atoms with van der Waals surface area (Å²) in [6.07, 6.45) is 0. The minimum atomic E-state index is 0.0285. The van der Waals surface area contributed by atoms with E-state index in [1.807, 2.05) is 29.1 Å². The van der Waals surface area contributed by atoms with Crippen LogP contribution in [0.4, 0.5) is 5.69 Å². The maximum atomic E-state index is 4.41. The molecule has 0 amide bonds. The quantitative estimate of drug-likeness (QED) is 0.748. The molecule has 2 heterocycles. The van der Waals surface area contributed by atoms with E-state index in [2.05, 4.69) is 18.3 Å². The summed E-state index contributed by atoms with van der Waals surface area (Å²) in [6.45, 7) is 0.739. The molecule has 3 aromatic rings. The zero-order valence-electron chi connectivity index (χ0n) is 8.25. The fourth-order valence-corrected chi connectivity index (χ4v) is 3.17. The first-order valence-corrected chi connectivity index (χ1v) is 7.23. The van der Waals surface area contributed by atoms with E-state index in [0.717, 1.165) is 29.0 Å². The standard InChI is InChI=1S/C10H8N4SSe/c1-2-8(10-9(3-1)13-16-14-10)11-4-7-5-15-6-12-7/h1-3,5-6,11H,4H2. The van der Waals surface area contributed by atoms with Gasteiger partial charge in [-0.1, -0.05) is 0 Å². The Morgan fingerprint density at radius 1 is 1.31 bits per heavy atom. The summed E-state index contributed by atoms with van der Waals surface area (Å²) < 4.78 is 8.76. The van der Waals surface area contributed by atoms with Crippen LogP contribution in [0, 0.1) is 0 Å². The van der Waals surface area contributed by atoms with E-state index in [0.29, 0.717) is 0 Å². The van der Waals surface area contributed by atoms with Crippen LogP contribution < -0.4 is 5.32 Å². The summed E-state index contributed by atoms with van der Waals surface area (Å²) in [5, 5.41) is 5.39. The molecule has 0 saturated carbocycles. The monoisotopic (exact) mass is 296 g/mol. The molecule has 1 N–H and O–H groups in total. The molecule has 0 bridgehead atoms. The van der Waals surface area contributed by atoms with Crippen LogP contribution in [-0.2, 0) is 6.54 Å². The molecular formula is C10H8N4SSe. The van der Waals surface area contributed by atoms with Gasteiger partial charge < -0.3 is 0 Å². The zero-order chi connectivity index (χ0) is 10.8. The van der Waals surface area contributed by atoms with Crippen molar-refractivity contribution in [3.63, 3.8) is 0 Å². The van der Waals surface area contributed by atoms with Gasteiger partial charge in [0.05, 0.1) is 0 Å². The van der Waals surface area contributed by atoms with E-state index in [9.17, 15) is 0 Å². The first-order chi connectivity index (χ1) is 7.93. The first kappa shape index (κ1) is 9.96. The Kier molecular flexibility index (Phi) is 2.70. The van der Waals surface area contributed by atoms with Crippen molar-refractivity contribution < 1.29 is 0 Å². The molecule has 0 fully saturated rings. The van der Waals surface area contributed by atoms with Crippen molar-refractivity contribution in [3.05, 3.63) is 34.8 Å². The predicted octanol–water partition coefficient (Wildman–Crippen LogP) is 1.76.